The van der Waals surface area contributed by atoms with Crippen molar-refractivity contribution in [2.45, 2.75) is 0 Å². The molecule has 2 aromatic rings. The maximum Gasteiger partial charge on any atom is 0.226 e. The summed E-state index contributed by atoms with van der Waals surface area (Å²) in [7, 11) is 1.59. The molecular weight excluding hydrogens is 314 g/mol. The van der Waals surface area contributed by atoms with E-state index >= 15 is 0 Å². The highest BCUT2D eigenvalue weighted by Gasteiger charge is 2.08. The van der Waals surface area contributed by atoms with Gasteiger partial charge in [0.1, 0.15) is 17.3 Å². The fraction of sp³-hybridized carbons (Fsp3) is 0.0909. The van der Waals surface area contributed by atoms with Crippen LogP contribution in [0.2, 0.25) is 0 Å². The van der Waals surface area contributed by atoms with Gasteiger partial charge in [-0.3, -0.25) is 0 Å². The highest BCUT2D eigenvalue weighted by atomic mass is 79.9. The minimum atomic E-state index is 0.0649. The molecule has 0 aliphatic heterocycles. The summed E-state index contributed by atoms with van der Waals surface area (Å²) < 4.78 is 11.4. The zero-order valence-corrected chi connectivity index (χ0v) is 11.6. The van der Waals surface area contributed by atoms with Crippen molar-refractivity contribution < 1.29 is 9.47 Å². The number of hydrogen-bond donors (Lipinski definition) is 3. The van der Waals surface area contributed by atoms with Crippen LogP contribution < -0.4 is 26.5 Å². The van der Waals surface area contributed by atoms with E-state index in [2.05, 4.69) is 31.3 Å². The highest BCUT2D eigenvalue weighted by Crippen LogP contribution is 2.32. The highest BCUT2D eigenvalue weighted by molar-refractivity contribution is 9.10. The number of aromatic nitrogens is 2. The summed E-state index contributed by atoms with van der Waals surface area (Å²) in [5.41, 5.74) is 7.93. The van der Waals surface area contributed by atoms with Crippen LogP contribution in [0.1, 0.15) is 0 Å². The molecule has 1 heterocycles. The van der Waals surface area contributed by atoms with E-state index < -0.39 is 0 Å². The normalized spacial score (nSPS) is 10.1. The van der Waals surface area contributed by atoms with Gasteiger partial charge < -0.3 is 20.6 Å². The third kappa shape index (κ3) is 3.24. The SMILES string of the molecule is COc1ccc(Oc2cc(NN)nc(N)n2)c(Br)c1. The van der Waals surface area contributed by atoms with Crippen molar-refractivity contribution in [1.82, 2.24) is 9.97 Å². The number of methoxy groups -OCH3 is 1. The van der Waals surface area contributed by atoms with Gasteiger partial charge in [0.2, 0.25) is 11.8 Å². The van der Waals surface area contributed by atoms with Crippen molar-refractivity contribution >= 4 is 27.7 Å². The van der Waals surface area contributed by atoms with Crippen LogP contribution in [-0.2, 0) is 0 Å². The quantitative estimate of drug-likeness (QED) is 0.582. The zero-order valence-electron chi connectivity index (χ0n) is 10.1. The van der Waals surface area contributed by atoms with Crippen LogP contribution in [0.4, 0.5) is 11.8 Å². The second-order valence-electron chi connectivity index (χ2n) is 3.49. The van der Waals surface area contributed by atoms with E-state index in [0.717, 1.165) is 4.47 Å². The Hall–Kier alpha value is -2.06. The standard InChI is InChI=1S/C11H12BrN5O2/c1-18-6-2-3-8(7(12)4-6)19-10-5-9(17-14)15-11(13)16-10/h2-5H,14H2,1H3,(H3,13,15,16,17). The van der Waals surface area contributed by atoms with Crippen LogP contribution in [0.3, 0.4) is 0 Å². The Morgan fingerprint density at radius 2 is 2.05 bits per heavy atom. The third-order valence-electron chi connectivity index (χ3n) is 2.22. The second kappa shape index (κ2) is 5.72. The molecule has 0 saturated carbocycles. The van der Waals surface area contributed by atoms with E-state index in [0.29, 0.717) is 17.3 Å². The van der Waals surface area contributed by atoms with E-state index in [1.807, 2.05) is 0 Å². The number of nitrogens with two attached hydrogens (primary N) is 2. The van der Waals surface area contributed by atoms with Gasteiger partial charge >= 0.3 is 0 Å². The monoisotopic (exact) mass is 325 g/mol. The van der Waals surface area contributed by atoms with Crippen LogP contribution in [0.25, 0.3) is 0 Å². The number of ether oxygens (including phenoxy) is 2. The van der Waals surface area contributed by atoms with Crippen LogP contribution in [0.15, 0.2) is 28.7 Å². The Balaban J connectivity index is 2.28. The molecule has 1 aromatic carbocycles. The van der Waals surface area contributed by atoms with Gasteiger partial charge in [-0.15, -0.1) is 0 Å². The summed E-state index contributed by atoms with van der Waals surface area (Å²) in [6, 6.07) is 6.83. The number of halogens is 1. The van der Waals surface area contributed by atoms with Crippen molar-refractivity contribution in [3.05, 3.63) is 28.7 Å². The predicted molar refractivity (Wildman–Crippen MR) is 75.0 cm³/mol. The molecule has 1 aromatic heterocycles. The molecule has 0 unspecified atom stereocenters. The number of nitrogen functional groups attached to an aromatic ring is 2. The Bertz CT molecular complexity index is 593. The minimum Gasteiger partial charge on any atom is -0.497 e. The average Bonchev–Trinajstić information content (AvgIpc) is 2.40. The van der Waals surface area contributed by atoms with Crippen LogP contribution in [-0.4, -0.2) is 17.1 Å². The molecule has 8 heteroatoms. The zero-order chi connectivity index (χ0) is 13.8. The van der Waals surface area contributed by atoms with Gasteiger partial charge in [0.15, 0.2) is 0 Å². The molecule has 0 saturated heterocycles. The lowest BCUT2D eigenvalue weighted by molar-refractivity contribution is 0.411. The number of benzene rings is 1. The molecule has 2 rings (SSSR count). The molecule has 7 nitrogen and oxygen atoms in total. The molecule has 0 aliphatic rings. The van der Waals surface area contributed by atoms with Gasteiger partial charge in [-0.25, -0.2) is 5.84 Å². The van der Waals surface area contributed by atoms with Crippen molar-refractivity contribution in [3.8, 4) is 17.4 Å². The molecule has 0 aliphatic carbocycles. The maximum atomic E-state index is 5.60. The van der Waals surface area contributed by atoms with Crippen LogP contribution in [0, 0.1) is 0 Å². The minimum absolute atomic E-state index is 0.0649. The summed E-state index contributed by atoms with van der Waals surface area (Å²) in [6.45, 7) is 0. The van der Waals surface area contributed by atoms with Gasteiger partial charge in [-0.2, -0.15) is 9.97 Å². The van der Waals surface area contributed by atoms with E-state index in [-0.39, 0.29) is 11.8 Å². The lowest BCUT2D eigenvalue weighted by Crippen LogP contribution is -2.10. The molecule has 0 amide bonds. The average molecular weight is 326 g/mol. The van der Waals surface area contributed by atoms with Crippen LogP contribution >= 0.6 is 15.9 Å². The van der Waals surface area contributed by atoms with Gasteiger partial charge in [-0.05, 0) is 34.1 Å². The molecule has 100 valence electrons. The van der Waals surface area contributed by atoms with E-state index in [1.165, 1.54) is 6.07 Å². The van der Waals surface area contributed by atoms with Gasteiger partial charge in [0.25, 0.3) is 0 Å². The first-order chi connectivity index (χ1) is 9.12. The molecular formula is C11H12BrN5O2. The fourth-order valence-corrected chi connectivity index (χ4v) is 1.81. The number of hydrogen-bond acceptors (Lipinski definition) is 7. The number of hydrazine groups is 1. The predicted octanol–water partition coefficient (Wildman–Crippen LogP) is 1.91. The summed E-state index contributed by atoms with van der Waals surface area (Å²) >= 11 is 3.38. The van der Waals surface area contributed by atoms with Crippen molar-refractivity contribution in [2.24, 2.45) is 5.84 Å². The molecule has 0 atom stereocenters. The maximum absolute atomic E-state index is 5.60. The van der Waals surface area contributed by atoms with Gasteiger partial charge in [-0.1, -0.05) is 0 Å². The van der Waals surface area contributed by atoms with Gasteiger partial charge in [0, 0.05) is 6.07 Å². The van der Waals surface area contributed by atoms with Crippen molar-refractivity contribution in [2.75, 3.05) is 18.3 Å². The van der Waals surface area contributed by atoms with Crippen molar-refractivity contribution in [3.63, 3.8) is 0 Å². The largest absolute Gasteiger partial charge is 0.497 e. The third-order valence-corrected chi connectivity index (χ3v) is 2.84. The van der Waals surface area contributed by atoms with Gasteiger partial charge in [0.05, 0.1) is 11.6 Å². The molecule has 19 heavy (non-hydrogen) atoms. The molecule has 5 N–H and O–H groups in total. The summed E-state index contributed by atoms with van der Waals surface area (Å²) in [4.78, 5) is 7.82. The Morgan fingerprint density at radius 3 is 2.68 bits per heavy atom. The summed E-state index contributed by atoms with van der Waals surface area (Å²) in [5.74, 6) is 7.27. The Labute approximate surface area is 118 Å². The fourth-order valence-electron chi connectivity index (χ4n) is 1.37. The first kappa shape index (κ1) is 13.4. The number of nitrogens with zero attached hydrogens (tertiary/aromatic N) is 2. The van der Waals surface area contributed by atoms with Crippen molar-refractivity contribution in [1.29, 1.82) is 0 Å². The van der Waals surface area contributed by atoms with E-state index in [1.54, 1.807) is 25.3 Å². The second-order valence-corrected chi connectivity index (χ2v) is 4.35. The number of nitrogens with one attached hydrogen (secondary N) is 1. The Kier molecular flexibility index (Phi) is 4.03. The Morgan fingerprint density at radius 1 is 1.26 bits per heavy atom. The summed E-state index contributed by atoms with van der Waals surface area (Å²) in [6.07, 6.45) is 0. The van der Waals surface area contributed by atoms with E-state index in [4.69, 9.17) is 21.1 Å². The first-order valence-corrected chi connectivity index (χ1v) is 6.04. The molecule has 0 radical (unpaired) electrons. The smallest absolute Gasteiger partial charge is 0.226 e. The molecule has 0 fully saturated rings. The number of anilines is 2. The van der Waals surface area contributed by atoms with E-state index in [9.17, 15) is 0 Å². The first-order valence-electron chi connectivity index (χ1n) is 5.25. The lowest BCUT2D eigenvalue weighted by atomic mass is 10.3. The molecule has 0 spiro atoms. The number of rotatable bonds is 4. The topological polar surface area (TPSA) is 108 Å². The molecule has 0 bridgehead atoms. The lowest BCUT2D eigenvalue weighted by Gasteiger charge is -2.09. The van der Waals surface area contributed by atoms with Crippen LogP contribution in [0.5, 0.6) is 17.4 Å². The summed E-state index contributed by atoms with van der Waals surface area (Å²) in [5, 5.41) is 0.